The lowest BCUT2D eigenvalue weighted by Crippen LogP contribution is -2.26. The summed E-state index contributed by atoms with van der Waals surface area (Å²) in [6.07, 6.45) is 3.22. The third kappa shape index (κ3) is 2.10. The highest BCUT2D eigenvalue weighted by molar-refractivity contribution is 5.97. The summed E-state index contributed by atoms with van der Waals surface area (Å²) in [5, 5.41) is 0.538. The molecule has 4 aromatic rings. The lowest BCUT2D eigenvalue weighted by atomic mass is 10.1. The molecule has 1 aliphatic rings. The maximum Gasteiger partial charge on any atom is 0.262 e. The highest BCUT2D eigenvalue weighted by atomic mass is 16.7. The van der Waals surface area contributed by atoms with Crippen LogP contribution in [0, 0.1) is 0 Å². The summed E-state index contributed by atoms with van der Waals surface area (Å²) in [4.78, 5) is 29.8. The number of para-hydroxylation sites is 1. The van der Waals surface area contributed by atoms with Gasteiger partial charge in [0.25, 0.3) is 5.56 Å². The normalized spacial score (nSPS) is 12.8. The van der Waals surface area contributed by atoms with Crippen LogP contribution >= 0.6 is 0 Å². The molecule has 7 nitrogen and oxygen atoms in total. The van der Waals surface area contributed by atoms with Gasteiger partial charge >= 0.3 is 0 Å². The third-order valence-electron chi connectivity index (χ3n) is 4.53. The Balaban J connectivity index is 1.62. The van der Waals surface area contributed by atoms with E-state index in [4.69, 9.17) is 9.47 Å². The van der Waals surface area contributed by atoms with Crippen LogP contribution in [0.3, 0.4) is 0 Å². The van der Waals surface area contributed by atoms with E-state index < -0.39 is 0 Å². The Labute approximate surface area is 147 Å². The van der Waals surface area contributed by atoms with Crippen molar-refractivity contribution < 1.29 is 14.3 Å². The molecular weight excluding hydrogens is 334 g/mol. The standard InChI is InChI=1S/C19H13N3O4/c23-15(12-5-6-16-17(7-12)26-11-25-16)9-21-18-8-20-10-22(18)14-4-2-1-3-13(14)19(21)24/h1-8,10H,9,11H2. The van der Waals surface area contributed by atoms with Gasteiger partial charge in [-0.3, -0.25) is 18.6 Å². The maximum absolute atomic E-state index is 12.9. The van der Waals surface area contributed by atoms with E-state index in [1.54, 1.807) is 42.9 Å². The number of fused-ring (bicyclic) bond motifs is 4. The minimum atomic E-state index is -0.220. The fraction of sp³-hybridized carbons (Fsp3) is 0.105. The van der Waals surface area contributed by atoms with Crippen molar-refractivity contribution in [2.24, 2.45) is 0 Å². The average Bonchev–Trinajstić information content (AvgIpc) is 3.33. The van der Waals surface area contributed by atoms with Gasteiger partial charge in [0.05, 0.1) is 23.6 Å². The molecule has 0 aliphatic carbocycles. The van der Waals surface area contributed by atoms with E-state index in [9.17, 15) is 9.59 Å². The fourth-order valence-electron chi connectivity index (χ4n) is 3.25. The number of nitrogens with zero attached hydrogens (tertiary/aromatic N) is 3. The number of imidazole rings is 1. The SMILES string of the molecule is O=C(Cn1c(=O)c2ccccc2n2cncc12)c1ccc2c(c1)OCO2. The van der Waals surface area contributed by atoms with Gasteiger partial charge in [-0.2, -0.15) is 0 Å². The van der Waals surface area contributed by atoms with Gasteiger partial charge in [-0.25, -0.2) is 4.98 Å². The van der Waals surface area contributed by atoms with Gasteiger partial charge in [-0.1, -0.05) is 12.1 Å². The maximum atomic E-state index is 12.9. The molecule has 0 saturated carbocycles. The largest absolute Gasteiger partial charge is 0.454 e. The van der Waals surface area contributed by atoms with Crippen molar-refractivity contribution in [3.8, 4) is 11.5 Å². The number of aromatic nitrogens is 3. The molecule has 0 fully saturated rings. The lowest BCUT2D eigenvalue weighted by Gasteiger charge is -2.11. The van der Waals surface area contributed by atoms with Gasteiger partial charge in [-0.05, 0) is 30.3 Å². The minimum absolute atomic E-state index is 0.0848. The highest BCUT2D eigenvalue weighted by Gasteiger charge is 2.18. The number of ketones is 1. The zero-order valence-corrected chi connectivity index (χ0v) is 13.6. The van der Waals surface area contributed by atoms with Crippen LogP contribution in [0.25, 0.3) is 16.6 Å². The first-order valence-corrected chi connectivity index (χ1v) is 8.09. The van der Waals surface area contributed by atoms with Crippen LogP contribution in [0.2, 0.25) is 0 Å². The number of rotatable bonds is 3. The fourth-order valence-corrected chi connectivity index (χ4v) is 3.25. The van der Waals surface area contributed by atoms with Crippen molar-refractivity contribution in [2.45, 2.75) is 6.54 Å². The average molecular weight is 347 g/mol. The van der Waals surface area contributed by atoms with Crippen molar-refractivity contribution in [3.63, 3.8) is 0 Å². The Bertz CT molecular complexity index is 1240. The van der Waals surface area contributed by atoms with Gasteiger partial charge in [-0.15, -0.1) is 0 Å². The first kappa shape index (κ1) is 14.7. The van der Waals surface area contributed by atoms with E-state index in [-0.39, 0.29) is 24.7 Å². The first-order valence-electron chi connectivity index (χ1n) is 8.09. The van der Waals surface area contributed by atoms with Gasteiger partial charge < -0.3 is 9.47 Å². The number of hydrogen-bond acceptors (Lipinski definition) is 5. The molecule has 5 rings (SSSR count). The molecule has 0 bridgehead atoms. The Morgan fingerprint density at radius 2 is 1.96 bits per heavy atom. The summed E-state index contributed by atoms with van der Waals surface area (Å²) in [5.41, 5.74) is 1.58. The second-order valence-corrected chi connectivity index (χ2v) is 6.02. The van der Waals surface area contributed by atoms with Gasteiger partial charge in [0.1, 0.15) is 12.0 Å². The van der Waals surface area contributed by atoms with Crippen LogP contribution in [-0.2, 0) is 6.54 Å². The van der Waals surface area contributed by atoms with Crippen LogP contribution in [0.15, 0.2) is 59.8 Å². The summed E-state index contributed by atoms with van der Waals surface area (Å²) in [6.45, 7) is 0.0616. The Hall–Kier alpha value is -3.61. The van der Waals surface area contributed by atoms with E-state index in [2.05, 4.69) is 4.98 Å². The molecule has 7 heteroatoms. The molecule has 0 saturated heterocycles. The minimum Gasteiger partial charge on any atom is -0.454 e. The molecule has 2 aromatic carbocycles. The Kier molecular flexibility index (Phi) is 3.08. The summed E-state index contributed by atoms with van der Waals surface area (Å²) < 4.78 is 13.8. The van der Waals surface area contributed by atoms with Crippen LogP contribution in [-0.4, -0.2) is 26.5 Å². The Morgan fingerprint density at radius 3 is 2.88 bits per heavy atom. The molecule has 26 heavy (non-hydrogen) atoms. The number of benzene rings is 2. The van der Waals surface area contributed by atoms with Crippen LogP contribution in [0.4, 0.5) is 0 Å². The number of ether oxygens (including phenoxy) is 2. The summed E-state index contributed by atoms with van der Waals surface area (Å²) in [5.74, 6) is 0.961. The van der Waals surface area contributed by atoms with E-state index >= 15 is 0 Å². The predicted octanol–water partition coefficient (Wildman–Crippen LogP) is 2.26. The van der Waals surface area contributed by atoms with Gasteiger partial charge in [0, 0.05) is 5.56 Å². The van der Waals surface area contributed by atoms with Gasteiger partial charge in [0.2, 0.25) is 6.79 Å². The summed E-state index contributed by atoms with van der Waals surface area (Å²) in [6, 6.07) is 12.3. The molecule has 0 spiro atoms. The van der Waals surface area contributed by atoms with E-state index in [1.807, 2.05) is 16.5 Å². The molecule has 128 valence electrons. The predicted molar refractivity (Wildman–Crippen MR) is 93.9 cm³/mol. The highest BCUT2D eigenvalue weighted by Crippen LogP contribution is 2.32. The monoisotopic (exact) mass is 347 g/mol. The lowest BCUT2D eigenvalue weighted by molar-refractivity contribution is 0.0971. The molecule has 0 unspecified atom stereocenters. The second-order valence-electron chi connectivity index (χ2n) is 6.02. The summed E-state index contributed by atoms with van der Waals surface area (Å²) in [7, 11) is 0. The number of hydrogen-bond donors (Lipinski definition) is 0. The molecule has 1 aliphatic heterocycles. The zero-order chi connectivity index (χ0) is 17.7. The van der Waals surface area contributed by atoms with Crippen LogP contribution < -0.4 is 15.0 Å². The van der Waals surface area contributed by atoms with E-state index in [0.29, 0.717) is 28.1 Å². The van der Waals surface area contributed by atoms with E-state index in [0.717, 1.165) is 5.52 Å². The molecule has 3 heterocycles. The zero-order valence-electron chi connectivity index (χ0n) is 13.6. The molecule has 0 N–H and O–H groups in total. The second kappa shape index (κ2) is 5.45. The smallest absolute Gasteiger partial charge is 0.262 e. The van der Waals surface area contributed by atoms with Crippen molar-refractivity contribution in [3.05, 3.63) is 70.9 Å². The van der Waals surface area contributed by atoms with Crippen LogP contribution in [0.1, 0.15) is 10.4 Å². The molecule has 0 amide bonds. The molecule has 0 radical (unpaired) electrons. The molecule has 2 aromatic heterocycles. The van der Waals surface area contributed by atoms with Crippen LogP contribution in [0.5, 0.6) is 11.5 Å². The molecular formula is C19H13N3O4. The van der Waals surface area contributed by atoms with E-state index in [1.165, 1.54) is 4.57 Å². The third-order valence-corrected chi connectivity index (χ3v) is 4.53. The first-order chi connectivity index (χ1) is 12.7. The topological polar surface area (TPSA) is 74.8 Å². The molecule has 0 atom stereocenters. The Morgan fingerprint density at radius 1 is 1.12 bits per heavy atom. The van der Waals surface area contributed by atoms with Crippen molar-refractivity contribution in [1.82, 2.24) is 14.0 Å². The van der Waals surface area contributed by atoms with Gasteiger partial charge in [0.15, 0.2) is 17.3 Å². The van der Waals surface area contributed by atoms with Crippen molar-refractivity contribution in [2.75, 3.05) is 6.79 Å². The van der Waals surface area contributed by atoms with Crippen molar-refractivity contribution in [1.29, 1.82) is 0 Å². The van der Waals surface area contributed by atoms with Crippen molar-refractivity contribution >= 4 is 22.3 Å². The number of carbonyl (C=O) groups is 1. The quantitative estimate of drug-likeness (QED) is 0.532. The number of carbonyl (C=O) groups excluding carboxylic acids is 1. The summed E-state index contributed by atoms with van der Waals surface area (Å²) >= 11 is 0. The number of Topliss-reactive ketones (excluding diaryl/α,β-unsaturated/α-hetero) is 1.